The van der Waals surface area contributed by atoms with Gasteiger partial charge in [-0.05, 0) is 12.8 Å². The summed E-state index contributed by atoms with van der Waals surface area (Å²) in [5, 5.41) is 15.4. The van der Waals surface area contributed by atoms with Gasteiger partial charge >= 0.3 is 0 Å². The molecule has 0 saturated carbocycles. The number of nitrogens with zero attached hydrogens (tertiary/aromatic N) is 2. The van der Waals surface area contributed by atoms with Crippen LogP contribution in [0.3, 0.4) is 0 Å². The molecule has 68 valence electrons. The molecule has 0 unspecified atom stereocenters. The minimum absolute atomic E-state index is 0.259. The van der Waals surface area contributed by atoms with E-state index in [-0.39, 0.29) is 6.61 Å². The molecule has 0 aliphatic rings. The molecule has 0 aliphatic carbocycles. The lowest BCUT2D eigenvalue weighted by Gasteiger charge is -1.92. The molecule has 0 radical (unpaired) electrons. The van der Waals surface area contributed by atoms with Crippen molar-refractivity contribution in [3.63, 3.8) is 0 Å². The van der Waals surface area contributed by atoms with Crippen LogP contribution in [0.1, 0.15) is 31.4 Å². The summed E-state index contributed by atoms with van der Waals surface area (Å²) in [7, 11) is 0. The predicted molar refractivity (Wildman–Crippen MR) is 45.8 cm³/mol. The fraction of sp³-hybridized carbons (Fsp3) is 0.750. The normalized spacial score (nSPS) is 10.5. The summed E-state index contributed by atoms with van der Waals surface area (Å²) >= 11 is 0. The van der Waals surface area contributed by atoms with Crippen LogP contribution in [0, 0.1) is 0 Å². The van der Waals surface area contributed by atoms with Crippen molar-refractivity contribution in [3.05, 3.63) is 11.6 Å². The van der Waals surface area contributed by atoms with Gasteiger partial charge in [-0.2, -0.15) is 5.10 Å². The third kappa shape index (κ3) is 2.62. The van der Waals surface area contributed by atoms with E-state index in [4.69, 9.17) is 5.11 Å². The molecule has 1 heterocycles. The number of hydrogen-bond donors (Lipinski definition) is 2. The van der Waals surface area contributed by atoms with Gasteiger partial charge in [0.05, 0.1) is 0 Å². The van der Waals surface area contributed by atoms with Gasteiger partial charge in [0.2, 0.25) is 0 Å². The third-order valence-corrected chi connectivity index (χ3v) is 1.72. The van der Waals surface area contributed by atoms with Gasteiger partial charge in [0.25, 0.3) is 0 Å². The van der Waals surface area contributed by atoms with Gasteiger partial charge in [0.15, 0.2) is 0 Å². The second-order valence-corrected chi connectivity index (χ2v) is 2.73. The number of nitrogens with one attached hydrogen (secondary N) is 1. The number of aromatic amines is 1. The van der Waals surface area contributed by atoms with E-state index in [1.165, 1.54) is 0 Å². The number of aromatic nitrogens is 3. The van der Waals surface area contributed by atoms with Crippen LogP contribution in [0.5, 0.6) is 0 Å². The van der Waals surface area contributed by atoms with Gasteiger partial charge in [-0.3, -0.25) is 5.10 Å². The first-order chi connectivity index (χ1) is 5.86. The van der Waals surface area contributed by atoms with Crippen LogP contribution in [-0.4, -0.2) is 26.9 Å². The fourth-order valence-corrected chi connectivity index (χ4v) is 1.01. The summed E-state index contributed by atoms with van der Waals surface area (Å²) in [6.45, 7) is 2.29. The Kier molecular flexibility index (Phi) is 3.73. The van der Waals surface area contributed by atoms with Crippen molar-refractivity contribution in [3.8, 4) is 0 Å². The third-order valence-electron chi connectivity index (χ3n) is 1.72. The zero-order valence-electron chi connectivity index (χ0n) is 7.38. The van der Waals surface area contributed by atoms with Gasteiger partial charge in [0.1, 0.15) is 11.6 Å². The number of aliphatic hydroxyl groups is 1. The standard InChI is InChI=1S/C8H15N3O/c1-2-7-9-8(11-10-7)5-3-4-6-12/h12H,2-6H2,1H3,(H,9,10,11). The summed E-state index contributed by atoms with van der Waals surface area (Å²) in [4.78, 5) is 4.25. The van der Waals surface area contributed by atoms with Gasteiger partial charge in [-0.25, -0.2) is 4.98 Å². The van der Waals surface area contributed by atoms with Crippen molar-refractivity contribution in [2.45, 2.75) is 32.6 Å². The highest BCUT2D eigenvalue weighted by molar-refractivity contribution is 4.89. The van der Waals surface area contributed by atoms with E-state index in [0.29, 0.717) is 0 Å². The minimum Gasteiger partial charge on any atom is -0.396 e. The van der Waals surface area contributed by atoms with Crippen molar-refractivity contribution in [1.82, 2.24) is 15.2 Å². The molecule has 12 heavy (non-hydrogen) atoms. The van der Waals surface area contributed by atoms with E-state index in [1.54, 1.807) is 0 Å². The lowest BCUT2D eigenvalue weighted by molar-refractivity contribution is 0.284. The SMILES string of the molecule is CCc1n[nH]c(CCCCO)n1. The molecule has 0 fully saturated rings. The maximum atomic E-state index is 8.55. The molecular weight excluding hydrogens is 154 g/mol. The van der Waals surface area contributed by atoms with E-state index in [2.05, 4.69) is 15.2 Å². The first kappa shape index (κ1) is 9.19. The van der Waals surface area contributed by atoms with Gasteiger partial charge in [0, 0.05) is 19.4 Å². The smallest absolute Gasteiger partial charge is 0.150 e. The maximum Gasteiger partial charge on any atom is 0.150 e. The van der Waals surface area contributed by atoms with Crippen molar-refractivity contribution in [2.24, 2.45) is 0 Å². The maximum absolute atomic E-state index is 8.55. The van der Waals surface area contributed by atoms with E-state index in [0.717, 1.165) is 37.3 Å². The van der Waals surface area contributed by atoms with Crippen LogP contribution in [0.15, 0.2) is 0 Å². The van der Waals surface area contributed by atoms with Gasteiger partial charge in [-0.15, -0.1) is 0 Å². The molecule has 1 aromatic rings. The van der Waals surface area contributed by atoms with E-state index >= 15 is 0 Å². The number of H-pyrrole nitrogens is 1. The largest absolute Gasteiger partial charge is 0.396 e. The van der Waals surface area contributed by atoms with Crippen LogP contribution in [0.4, 0.5) is 0 Å². The molecule has 0 atom stereocenters. The lowest BCUT2D eigenvalue weighted by Crippen LogP contribution is -1.91. The zero-order chi connectivity index (χ0) is 8.81. The molecule has 0 bridgehead atoms. The molecular formula is C8H15N3O. The highest BCUT2D eigenvalue weighted by Gasteiger charge is 1.99. The molecule has 0 aromatic carbocycles. The average molecular weight is 169 g/mol. The molecule has 0 amide bonds. The zero-order valence-corrected chi connectivity index (χ0v) is 7.38. The van der Waals surface area contributed by atoms with Crippen molar-refractivity contribution >= 4 is 0 Å². The highest BCUT2D eigenvalue weighted by atomic mass is 16.2. The van der Waals surface area contributed by atoms with Crippen LogP contribution in [0.2, 0.25) is 0 Å². The predicted octanol–water partition coefficient (Wildman–Crippen LogP) is 0.682. The quantitative estimate of drug-likeness (QED) is 0.637. The number of aliphatic hydroxyl groups excluding tert-OH is 1. The fourth-order valence-electron chi connectivity index (χ4n) is 1.01. The molecule has 2 N–H and O–H groups in total. The topological polar surface area (TPSA) is 61.8 Å². The Morgan fingerprint density at radius 1 is 1.42 bits per heavy atom. The minimum atomic E-state index is 0.259. The number of aryl methyl sites for hydroxylation is 2. The molecule has 0 saturated heterocycles. The Balaban J connectivity index is 2.31. The Morgan fingerprint density at radius 2 is 2.25 bits per heavy atom. The van der Waals surface area contributed by atoms with Crippen LogP contribution in [-0.2, 0) is 12.8 Å². The molecule has 1 aromatic heterocycles. The van der Waals surface area contributed by atoms with E-state index < -0.39 is 0 Å². The van der Waals surface area contributed by atoms with E-state index in [1.807, 2.05) is 6.92 Å². The second kappa shape index (κ2) is 4.87. The molecule has 0 spiro atoms. The summed E-state index contributed by atoms with van der Waals surface area (Å²) in [5.74, 6) is 1.80. The van der Waals surface area contributed by atoms with Crippen molar-refractivity contribution in [1.29, 1.82) is 0 Å². The summed E-state index contributed by atoms with van der Waals surface area (Å²) in [5.41, 5.74) is 0. The Morgan fingerprint density at radius 3 is 2.83 bits per heavy atom. The Bertz CT molecular complexity index is 222. The summed E-state index contributed by atoms with van der Waals surface area (Å²) in [6.07, 6.45) is 3.56. The highest BCUT2D eigenvalue weighted by Crippen LogP contribution is 1.99. The molecule has 4 heteroatoms. The van der Waals surface area contributed by atoms with Crippen molar-refractivity contribution < 1.29 is 5.11 Å². The van der Waals surface area contributed by atoms with Crippen molar-refractivity contribution in [2.75, 3.05) is 6.61 Å². The number of unbranched alkanes of at least 4 members (excludes halogenated alkanes) is 1. The Hall–Kier alpha value is -0.900. The first-order valence-corrected chi connectivity index (χ1v) is 4.37. The molecule has 1 rings (SSSR count). The number of rotatable bonds is 5. The van der Waals surface area contributed by atoms with E-state index in [9.17, 15) is 0 Å². The number of hydrogen-bond acceptors (Lipinski definition) is 3. The summed E-state index contributed by atoms with van der Waals surface area (Å²) < 4.78 is 0. The van der Waals surface area contributed by atoms with Crippen LogP contribution in [0.25, 0.3) is 0 Å². The molecule has 4 nitrogen and oxygen atoms in total. The van der Waals surface area contributed by atoms with Gasteiger partial charge < -0.3 is 5.11 Å². The monoisotopic (exact) mass is 169 g/mol. The Labute approximate surface area is 72.0 Å². The average Bonchev–Trinajstić information content (AvgIpc) is 2.53. The first-order valence-electron chi connectivity index (χ1n) is 4.37. The summed E-state index contributed by atoms with van der Waals surface area (Å²) in [6, 6.07) is 0. The lowest BCUT2D eigenvalue weighted by atomic mass is 10.2. The van der Waals surface area contributed by atoms with Gasteiger partial charge in [-0.1, -0.05) is 6.92 Å². The molecule has 0 aliphatic heterocycles. The van der Waals surface area contributed by atoms with Crippen LogP contribution >= 0.6 is 0 Å². The van der Waals surface area contributed by atoms with Crippen LogP contribution < -0.4 is 0 Å². The second-order valence-electron chi connectivity index (χ2n) is 2.73.